The maximum absolute atomic E-state index is 14.2. The smallest absolute Gasteiger partial charge is 0.228 e. The lowest BCUT2D eigenvalue weighted by Gasteiger charge is -2.35. The molecule has 0 spiro atoms. The number of benzene rings is 1. The fourth-order valence-electron chi connectivity index (χ4n) is 3.94. The van der Waals surface area contributed by atoms with Crippen LogP contribution in [0, 0.1) is 18.7 Å². The Morgan fingerprint density at radius 3 is 2.72 bits per heavy atom. The molecule has 2 fully saturated rings. The van der Waals surface area contributed by atoms with Crippen molar-refractivity contribution in [2.24, 2.45) is 5.92 Å². The highest BCUT2D eigenvalue weighted by Gasteiger charge is 2.44. The summed E-state index contributed by atoms with van der Waals surface area (Å²) in [5, 5.41) is 10.3. The zero-order valence-corrected chi connectivity index (χ0v) is 15.0. The Hall–Kier alpha value is -1.95. The third kappa shape index (κ3) is 3.40. The van der Waals surface area contributed by atoms with E-state index in [2.05, 4.69) is 0 Å². The van der Waals surface area contributed by atoms with Crippen LogP contribution < -0.4 is 4.90 Å². The van der Waals surface area contributed by atoms with E-state index in [0.717, 1.165) is 18.4 Å². The highest BCUT2D eigenvalue weighted by Crippen LogP contribution is 2.33. The van der Waals surface area contributed by atoms with Crippen molar-refractivity contribution in [1.82, 2.24) is 4.90 Å². The van der Waals surface area contributed by atoms with Gasteiger partial charge in [-0.1, -0.05) is 6.07 Å². The summed E-state index contributed by atoms with van der Waals surface area (Å²) >= 11 is 0. The van der Waals surface area contributed by atoms with Crippen LogP contribution in [0.3, 0.4) is 0 Å². The standard InChI is InChI=1S/C19H25FN2O3/c1-12-6-7-15(14(20)9-12)22-11-13(10-17(22)23)18(24)21-8-4-5-16(21)19(2,3)25/h6-7,9,13,16,25H,4-5,8,10-11H2,1-3H3. The summed E-state index contributed by atoms with van der Waals surface area (Å²) in [4.78, 5) is 28.3. The van der Waals surface area contributed by atoms with Gasteiger partial charge in [0.15, 0.2) is 0 Å². The van der Waals surface area contributed by atoms with E-state index in [0.29, 0.717) is 6.54 Å². The minimum atomic E-state index is -0.975. The molecule has 1 aromatic carbocycles. The predicted molar refractivity (Wildman–Crippen MR) is 92.6 cm³/mol. The summed E-state index contributed by atoms with van der Waals surface area (Å²) in [6.07, 6.45) is 1.69. The van der Waals surface area contributed by atoms with Crippen molar-refractivity contribution in [1.29, 1.82) is 0 Å². The van der Waals surface area contributed by atoms with Crippen molar-refractivity contribution in [2.45, 2.75) is 51.7 Å². The van der Waals surface area contributed by atoms with Crippen molar-refractivity contribution >= 4 is 17.5 Å². The van der Waals surface area contributed by atoms with E-state index >= 15 is 0 Å². The molecule has 0 bridgehead atoms. The van der Waals surface area contributed by atoms with E-state index in [1.165, 1.54) is 11.0 Å². The lowest BCUT2D eigenvalue weighted by Crippen LogP contribution is -2.50. The van der Waals surface area contributed by atoms with Gasteiger partial charge in [0.1, 0.15) is 5.82 Å². The van der Waals surface area contributed by atoms with Crippen LogP contribution in [0.5, 0.6) is 0 Å². The van der Waals surface area contributed by atoms with Crippen molar-refractivity contribution in [3.63, 3.8) is 0 Å². The number of hydrogen-bond donors (Lipinski definition) is 1. The molecule has 2 aliphatic heterocycles. The maximum atomic E-state index is 14.2. The highest BCUT2D eigenvalue weighted by atomic mass is 19.1. The lowest BCUT2D eigenvalue weighted by atomic mass is 9.95. The summed E-state index contributed by atoms with van der Waals surface area (Å²) in [5.74, 6) is -1.29. The Balaban J connectivity index is 1.77. The second-order valence-electron chi connectivity index (χ2n) is 7.70. The molecule has 2 unspecified atom stereocenters. The normalized spacial score (nSPS) is 24.3. The maximum Gasteiger partial charge on any atom is 0.228 e. The first kappa shape index (κ1) is 17.9. The number of nitrogens with zero attached hydrogens (tertiary/aromatic N) is 2. The van der Waals surface area contributed by atoms with Crippen molar-refractivity contribution < 1.29 is 19.1 Å². The van der Waals surface area contributed by atoms with Gasteiger partial charge in [0.25, 0.3) is 0 Å². The molecule has 0 aromatic heterocycles. The van der Waals surface area contributed by atoms with Gasteiger partial charge >= 0.3 is 0 Å². The van der Waals surface area contributed by atoms with Gasteiger partial charge in [0.05, 0.1) is 23.2 Å². The zero-order valence-electron chi connectivity index (χ0n) is 15.0. The van der Waals surface area contributed by atoms with Crippen LogP contribution in [0.15, 0.2) is 18.2 Å². The third-order valence-electron chi connectivity index (χ3n) is 5.22. The first-order chi connectivity index (χ1) is 11.7. The molecule has 136 valence electrons. The minimum absolute atomic E-state index is 0.0846. The molecule has 5 nitrogen and oxygen atoms in total. The molecule has 2 heterocycles. The average molecular weight is 348 g/mol. The molecule has 2 aliphatic rings. The number of rotatable bonds is 3. The number of halogens is 1. The molecule has 0 saturated carbocycles. The van der Waals surface area contributed by atoms with E-state index in [-0.39, 0.29) is 36.5 Å². The van der Waals surface area contributed by atoms with Crippen LogP contribution in [0.25, 0.3) is 0 Å². The minimum Gasteiger partial charge on any atom is -0.388 e. The predicted octanol–water partition coefficient (Wildman–Crippen LogP) is 2.25. The number of hydrogen-bond acceptors (Lipinski definition) is 3. The number of aliphatic hydroxyl groups is 1. The molecular weight excluding hydrogens is 323 g/mol. The molecule has 0 aliphatic carbocycles. The summed E-state index contributed by atoms with van der Waals surface area (Å²) in [6, 6.07) is 4.50. The van der Waals surface area contributed by atoms with Crippen LogP contribution in [0.2, 0.25) is 0 Å². The van der Waals surface area contributed by atoms with E-state index in [4.69, 9.17) is 0 Å². The quantitative estimate of drug-likeness (QED) is 0.911. The number of aryl methyl sites for hydroxylation is 1. The Morgan fingerprint density at radius 1 is 1.36 bits per heavy atom. The average Bonchev–Trinajstić information content (AvgIpc) is 3.13. The van der Waals surface area contributed by atoms with Crippen LogP contribution in [0.1, 0.15) is 38.7 Å². The second-order valence-corrected chi connectivity index (χ2v) is 7.70. The van der Waals surface area contributed by atoms with Crippen LogP contribution >= 0.6 is 0 Å². The molecule has 1 N–H and O–H groups in total. The lowest BCUT2D eigenvalue weighted by molar-refractivity contribution is -0.141. The molecule has 2 saturated heterocycles. The first-order valence-corrected chi connectivity index (χ1v) is 8.78. The van der Waals surface area contributed by atoms with Crippen LogP contribution in [-0.4, -0.2) is 46.6 Å². The summed E-state index contributed by atoms with van der Waals surface area (Å²) in [6.45, 7) is 5.98. The summed E-state index contributed by atoms with van der Waals surface area (Å²) < 4.78 is 14.2. The van der Waals surface area contributed by atoms with Gasteiger partial charge in [-0.15, -0.1) is 0 Å². The first-order valence-electron chi connectivity index (χ1n) is 8.78. The summed E-state index contributed by atoms with van der Waals surface area (Å²) in [5.41, 5.74) is 0.0364. The van der Waals surface area contributed by atoms with Gasteiger partial charge in [-0.05, 0) is 51.3 Å². The highest BCUT2D eigenvalue weighted by molar-refractivity contribution is 6.00. The van der Waals surface area contributed by atoms with Crippen molar-refractivity contribution in [3.05, 3.63) is 29.6 Å². The SMILES string of the molecule is Cc1ccc(N2CC(C(=O)N3CCCC3C(C)(C)O)CC2=O)c(F)c1. The third-order valence-corrected chi connectivity index (χ3v) is 5.22. The zero-order chi connectivity index (χ0) is 18.4. The van der Waals surface area contributed by atoms with Gasteiger partial charge in [-0.2, -0.15) is 0 Å². The van der Waals surface area contributed by atoms with Crippen molar-refractivity contribution in [3.8, 4) is 0 Å². The van der Waals surface area contributed by atoms with Gasteiger partial charge in [-0.3, -0.25) is 9.59 Å². The number of carbonyl (C=O) groups is 2. The molecular formula is C19H25FN2O3. The fourth-order valence-corrected chi connectivity index (χ4v) is 3.94. The molecule has 25 heavy (non-hydrogen) atoms. The second kappa shape index (κ2) is 6.41. The van der Waals surface area contributed by atoms with Gasteiger partial charge in [0.2, 0.25) is 11.8 Å². The molecule has 2 amide bonds. The Bertz CT molecular complexity index is 698. The topological polar surface area (TPSA) is 60.9 Å². The Labute approximate surface area is 147 Å². The largest absolute Gasteiger partial charge is 0.388 e. The fraction of sp³-hybridized carbons (Fsp3) is 0.579. The monoisotopic (exact) mass is 348 g/mol. The van der Waals surface area contributed by atoms with E-state index in [1.54, 1.807) is 37.8 Å². The van der Waals surface area contributed by atoms with Gasteiger partial charge in [-0.25, -0.2) is 4.39 Å². The van der Waals surface area contributed by atoms with E-state index < -0.39 is 17.3 Å². The number of anilines is 1. The number of carbonyl (C=O) groups excluding carboxylic acids is 2. The summed E-state index contributed by atoms with van der Waals surface area (Å²) in [7, 11) is 0. The molecule has 0 radical (unpaired) electrons. The Morgan fingerprint density at radius 2 is 2.08 bits per heavy atom. The van der Waals surface area contributed by atoms with Gasteiger partial charge < -0.3 is 14.9 Å². The molecule has 6 heteroatoms. The van der Waals surface area contributed by atoms with E-state index in [9.17, 15) is 19.1 Å². The molecule has 2 atom stereocenters. The van der Waals surface area contributed by atoms with Crippen LogP contribution in [-0.2, 0) is 9.59 Å². The number of likely N-dealkylation sites (tertiary alicyclic amines) is 1. The Kier molecular flexibility index (Phi) is 4.58. The molecule has 1 aromatic rings. The number of amides is 2. The molecule has 3 rings (SSSR count). The van der Waals surface area contributed by atoms with Crippen LogP contribution in [0.4, 0.5) is 10.1 Å². The van der Waals surface area contributed by atoms with Gasteiger partial charge in [0, 0.05) is 19.5 Å². The van der Waals surface area contributed by atoms with E-state index in [1.807, 2.05) is 0 Å². The van der Waals surface area contributed by atoms with Crippen molar-refractivity contribution in [2.75, 3.05) is 18.0 Å².